The Balaban J connectivity index is 2.25. The summed E-state index contributed by atoms with van der Waals surface area (Å²) in [7, 11) is 0. The molecule has 6 nitrogen and oxygen atoms in total. The van der Waals surface area contributed by atoms with Crippen LogP contribution in [0.25, 0.3) is 0 Å². The van der Waals surface area contributed by atoms with E-state index < -0.39 is 18.6 Å². The summed E-state index contributed by atoms with van der Waals surface area (Å²) in [4.78, 5) is 38.6. The molecule has 0 radical (unpaired) electrons. The van der Waals surface area contributed by atoms with Gasteiger partial charge in [-0.25, -0.2) is 0 Å². The van der Waals surface area contributed by atoms with E-state index in [0.717, 1.165) is 0 Å². The Bertz CT molecular complexity index is 564. The smallest absolute Gasteiger partial charge is 0.323 e. The quantitative estimate of drug-likeness (QED) is 0.887. The van der Waals surface area contributed by atoms with Gasteiger partial charge in [-0.3, -0.25) is 19.3 Å². The summed E-state index contributed by atoms with van der Waals surface area (Å²) < 4.78 is 0. The van der Waals surface area contributed by atoms with Gasteiger partial charge in [-0.05, 0) is 12.1 Å². The van der Waals surface area contributed by atoms with Gasteiger partial charge in [0.15, 0.2) is 0 Å². The second-order valence-electron chi connectivity index (χ2n) is 4.89. The topological polar surface area (TPSA) is 77.9 Å². The molecule has 0 aromatic heterocycles. The van der Waals surface area contributed by atoms with Crippen molar-refractivity contribution in [1.29, 1.82) is 0 Å². The molecule has 1 saturated heterocycles. The lowest BCUT2D eigenvalue weighted by atomic mass is 10.2. The molecule has 1 aliphatic rings. The monoisotopic (exact) mass is 322 g/mol. The third kappa shape index (κ3) is 3.59. The molecule has 0 bridgehead atoms. The number of benzene rings is 1. The highest BCUT2D eigenvalue weighted by Crippen LogP contribution is 2.25. The number of aliphatic carboxylic acids is 1. The molecule has 1 unspecified atom stereocenters. The number of carboxylic acids is 1. The van der Waals surface area contributed by atoms with Crippen LogP contribution >= 0.6 is 11.8 Å². The number of hydrogen-bond acceptors (Lipinski definition) is 4. The van der Waals surface area contributed by atoms with Crippen molar-refractivity contribution in [2.24, 2.45) is 0 Å². The lowest BCUT2D eigenvalue weighted by Crippen LogP contribution is -2.50. The summed E-state index contributed by atoms with van der Waals surface area (Å²) in [5, 5.41) is 9.08. The minimum Gasteiger partial charge on any atom is -0.480 e. The number of rotatable bonds is 5. The molecular weight excluding hydrogens is 304 g/mol. The van der Waals surface area contributed by atoms with Crippen LogP contribution in [0.5, 0.6) is 0 Å². The molecule has 1 aliphatic heterocycles. The Morgan fingerprint density at radius 3 is 2.59 bits per heavy atom. The Morgan fingerprint density at radius 1 is 1.32 bits per heavy atom. The molecular formula is C15H18N2O4S. The van der Waals surface area contributed by atoms with E-state index in [-0.39, 0.29) is 11.8 Å². The number of carbonyl (C=O) groups excluding carboxylic acids is 2. The minimum absolute atomic E-state index is 0.0910. The van der Waals surface area contributed by atoms with Crippen LogP contribution in [0.2, 0.25) is 0 Å². The van der Waals surface area contributed by atoms with Crippen molar-refractivity contribution in [3.63, 3.8) is 0 Å². The highest BCUT2D eigenvalue weighted by atomic mass is 32.2. The van der Waals surface area contributed by atoms with Gasteiger partial charge in [-0.15, -0.1) is 11.8 Å². The zero-order valence-electron chi connectivity index (χ0n) is 12.3. The van der Waals surface area contributed by atoms with Crippen molar-refractivity contribution in [2.45, 2.75) is 19.4 Å². The standard InChI is InChI=1S/C15H18N2O4S/c1-2-13(18)17-10-22-9-12(17)15(21)16(8-14(19)20)11-6-4-3-5-7-11/h3-7,12H,2,8-10H2,1H3,(H,19,20). The van der Waals surface area contributed by atoms with E-state index in [1.165, 1.54) is 21.6 Å². The van der Waals surface area contributed by atoms with Crippen LogP contribution in [0.4, 0.5) is 5.69 Å². The fraction of sp³-hybridized carbons (Fsp3) is 0.400. The Labute approximate surface area is 133 Å². The second kappa shape index (κ2) is 7.31. The third-order valence-corrected chi connectivity index (χ3v) is 4.43. The Morgan fingerprint density at radius 2 is 2.00 bits per heavy atom. The molecule has 0 spiro atoms. The first-order valence-corrected chi connectivity index (χ1v) is 8.15. The maximum absolute atomic E-state index is 12.8. The van der Waals surface area contributed by atoms with Gasteiger partial charge in [0.05, 0.1) is 5.88 Å². The van der Waals surface area contributed by atoms with Crippen LogP contribution in [-0.2, 0) is 14.4 Å². The first kappa shape index (κ1) is 16.4. The number of carboxylic acid groups (broad SMARTS) is 1. The summed E-state index contributed by atoms with van der Waals surface area (Å²) >= 11 is 1.50. The highest BCUT2D eigenvalue weighted by Gasteiger charge is 2.37. The third-order valence-electron chi connectivity index (χ3n) is 3.42. The molecule has 1 aromatic carbocycles. The van der Waals surface area contributed by atoms with Gasteiger partial charge < -0.3 is 10.0 Å². The molecule has 118 valence electrons. The van der Waals surface area contributed by atoms with Gasteiger partial charge in [-0.1, -0.05) is 25.1 Å². The molecule has 1 atom stereocenters. The average Bonchev–Trinajstić information content (AvgIpc) is 3.01. The van der Waals surface area contributed by atoms with Crippen molar-refractivity contribution in [3.8, 4) is 0 Å². The van der Waals surface area contributed by atoms with Crippen LogP contribution in [0.3, 0.4) is 0 Å². The zero-order valence-corrected chi connectivity index (χ0v) is 13.1. The summed E-state index contributed by atoms with van der Waals surface area (Å²) in [6.07, 6.45) is 0.328. The van der Waals surface area contributed by atoms with E-state index in [0.29, 0.717) is 23.7 Å². The average molecular weight is 322 g/mol. The number of hydrogen-bond donors (Lipinski definition) is 1. The minimum atomic E-state index is -1.09. The van der Waals surface area contributed by atoms with Gasteiger partial charge in [0, 0.05) is 17.9 Å². The summed E-state index contributed by atoms with van der Waals surface area (Å²) in [6.45, 7) is 1.33. The molecule has 1 heterocycles. The molecule has 0 saturated carbocycles. The van der Waals surface area contributed by atoms with Crippen LogP contribution in [0.15, 0.2) is 30.3 Å². The number of thioether (sulfide) groups is 1. The SMILES string of the molecule is CCC(=O)N1CSCC1C(=O)N(CC(=O)O)c1ccccc1. The summed E-state index contributed by atoms with van der Waals surface area (Å²) in [5.74, 6) is -0.560. The van der Waals surface area contributed by atoms with E-state index in [2.05, 4.69) is 0 Å². The second-order valence-corrected chi connectivity index (χ2v) is 5.89. The molecule has 1 aromatic rings. The zero-order chi connectivity index (χ0) is 16.1. The Hall–Kier alpha value is -2.02. The van der Waals surface area contributed by atoms with Crippen LogP contribution in [-0.4, -0.2) is 52.0 Å². The lowest BCUT2D eigenvalue weighted by molar-refractivity contribution is -0.138. The lowest BCUT2D eigenvalue weighted by Gasteiger charge is -2.28. The summed E-state index contributed by atoms with van der Waals surface area (Å²) in [6, 6.07) is 8.07. The highest BCUT2D eigenvalue weighted by molar-refractivity contribution is 7.99. The number of anilines is 1. The molecule has 22 heavy (non-hydrogen) atoms. The number of carbonyl (C=O) groups is 3. The van der Waals surface area contributed by atoms with E-state index in [1.54, 1.807) is 37.3 Å². The van der Waals surface area contributed by atoms with Crippen molar-refractivity contribution >= 4 is 35.2 Å². The fourth-order valence-electron chi connectivity index (χ4n) is 2.32. The molecule has 1 N–H and O–H groups in total. The molecule has 0 aliphatic carbocycles. The molecule has 2 amide bonds. The van der Waals surface area contributed by atoms with Crippen molar-refractivity contribution in [3.05, 3.63) is 30.3 Å². The van der Waals surface area contributed by atoms with E-state index >= 15 is 0 Å². The van der Waals surface area contributed by atoms with E-state index in [4.69, 9.17) is 5.11 Å². The Kier molecular flexibility index (Phi) is 5.43. The number of amides is 2. The molecule has 7 heteroatoms. The number of para-hydroxylation sites is 1. The predicted octanol–water partition coefficient (Wildman–Crippen LogP) is 1.42. The first-order chi connectivity index (χ1) is 10.5. The molecule has 1 fully saturated rings. The van der Waals surface area contributed by atoms with E-state index in [9.17, 15) is 14.4 Å². The predicted molar refractivity (Wildman–Crippen MR) is 84.7 cm³/mol. The van der Waals surface area contributed by atoms with Crippen molar-refractivity contribution < 1.29 is 19.5 Å². The van der Waals surface area contributed by atoms with Crippen molar-refractivity contribution in [2.75, 3.05) is 23.1 Å². The molecule has 2 rings (SSSR count). The summed E-state index contributed by atoms with van der Waals surface area (Å²) in [5.41, 5.74) is 0.524. The maximum Gasteiger partial charge on any atom is 0.323 e. The fourth-order valence-corrected chi connectivity index (χ4v) is 3.49. The maximum atomic E-state index is 12.8. The van der Waals surface area contributed by atoms with Crippen LogP contribution < -0.4 is 4.90 Å². The normalized spacial score (nSPS) is 17.3. The number of nitrogens with zero attached hydrogens (tertiary/aromatic N) is 2. The first-order valence-electron chi connectivity index (χ1n) is 7.00. The van der Waals surface area contributed by atoms with E-state index in [1.807, 2.05) is 0 Å². The van der Waals surface area contributed by atoms with Gasteiger partial charge in [0.2, 0.25) is 5.91 Å². The van der Waals surface area contributed by atoms with Gasteiger partial charge in [-0.2, -0.15) is 0 Å². The van der Waals surface area contributed by atoms with Crippen LogP contribution in [0, 0.1) is 0 Å². The van der Waals surface area contributed by atoms with Gasteiger partial charge >= 0.3 is 5.97 Å². The van der Waals surface area contributed by atoms with Crippen molar-refractivity contribution in [1.82, 2.24) is 4.90 Å². The van der Waals surface area contributed by atoms with Gasteiger partial charge in [0.1, 0.15) is 12.6 Å². The van der Waals surface area contributed by atoms with Crippen LogP contribution in [0.1, 0.15) is 13.3 Å². The van der Waals surface area contributed by atoms with Gasteiger partial charge in [0.25, 0.3) is 5.91 Å². The largest absolute Gasteiger partial charge is 0.480 e.